The smallest absolute Gasteiger partial charge is 0.322 e. The Kier molecular flexibility index (Phi) is 3.41. The quantitative estimate of drug-likeness (QED) is 0.503. The molecule has 7 heteroatoms. The number of nitrogens with two attached hydrogens (primary N) is 1. The average Bonchev–Trinajstić information content (AvgIpc) is 2.17. The number of methoxy groups -OCH3 is 1. The largest absolute Gasteiger partial charge is 0.467 e. The molecule has 0 fully saturated rings. The fourth-order valence-electron chi connectivity index (χ4n) is 0.832. The number of anilines is 2. The Morgan fingerprint density at radius 1 is 1.43 bits per heavy atom. The zero-order valence-electron chi connectivity index (χ0n) is 8.48. The van der Waals surface area contributed by atoms with Crippen LogP contribution < -0.4 is 20.9 Å². The molecule has 0 amide bonds. The second kappa shape index (κ2) is 4.56. The van der Waals surface area contributed by atoms with Crippen LogP contribution in [-0.2, 0) is 0 Å². The van der Waals surface area contributed by atoms with Crippen LogP contribution in [0.15, 0.2) is 0 Å². The maximum absolute atomic E-state index is 5.50. The minimum atomic E-state index is 0.239. The number of ether oxygens (including phenoxy) is 1. The summed E-state index contributed by atoms with van der Waals surface area (Å²) in [4.78, 5) is 12.0. The molecule has 0 aliphatic rings. The molecule has 0 atom stereocenters. The molecule has 3 N–H and O–H groups in total. The van der Waals surface area contributed by atoms with Gasteiger partial charge in [-0.3, -0.25) is 5.01 Å². The summed E-state index contributed by atoms with van der Waals surface area (Å²) in [6.45, 7) is 2.67. The van der Waals surface area contributed by atoms with E-state index >= 15 is 0 Å². The van der Waals surface area contributed by atoms with Crippen LogP contribution in [0.1, 0.15) is 6.92 Å². The van der Waals surface area contributed by atoms with E-state index in [1.54, 1.807) is 7.05 Å². The van der Waals surface area contributed by atoms with E-state index in [1.807, 2.05) is 6.92 Å². The van der Waals surface area contributed by atoms with Gasteiger partial charge in [-0.2, -0.15) is 15.0 Å². The first-order valence-electron chi connectivity index (χ1n) is 4.19. The Hall–Kier alpha value is -1.63. The lowest BCUT2D eigenvalue weighted by Gasteiger charge is -2.11. The van der Waals surface area contributed by atoms with Gasteiger partial charge >= 0.3 is 6.01 Å². The molecule has 1 aromatic heterocycles. The average molecular weight is 198 g/mol. The van der Waals surface area contributed by atoms with E-state index in [2.05, 4.69) is 20.3 Å². The molecule has 0 unspecified atom stereocenters. The predicted octanol–water partition coefficient (Wildman–Crippen LogP) is -0.378. The second-order valence-electron chi connectivity index (χ2n) is 2.59. The molecular weight excluding hydrogens is 184 g/mol. The van der Waals surface area contributed by atoms with Crippen LogP contribution in [0.25, 0.3) is 0 Å². The maximum atomic E-state index is 5.50. The Bertz CT molecular complexity index is 302. The zero-order chi connectivity index (χ0) is 10.6. The molecule has 0 aromatic carbocycles. The third-order valence-corrected chi connectivity index (χ3v) is 1.44. The number of rotatable bonds is 4. The molecule has 1 rings (SSSR count). The molecule has 0 bridgehead atoms. The summed E-state index contributed by atoms with van der Waals surface area (Å²) in [6.07, 6.45) is 0. The summed E-state index contributed by atoms with van der Waals surface area (Å²) in [5.74, 6) is 6.30. The Morgan fingerprint density at radius 3 is 2.64 bits per heavy atom. The highest BCUT2D eigenvalue weighted by Gasteiger charge is 2.07. The van der Waals surface area contributed by atoms with Gasteiger partial charge in [-0.05, 0) is 6.92 Å². The summed E-state index contributed by atoms with van der Waals surface area (Å²) in [5, 5.41) is 4.25. The molecule has 1 aromatic rings. The van der Waals surface area contributed by atoms with Gasteiger partial charge in [0.1, 0.15) is 0 Å². The molecule has 0 aliphatic carbocycles. The Morgan fingerprint density at radius 2 is 2.14 bits per heavy atom. The van der Waals surface area contributed by atoms with Gasteiger partial charge in [0.05, 0.1) is 7.11 Å². The molecule has 0 saturated carbocycles. The van der Waals surface area contributed by atoms with Gasteiger partial charge in [-0.25, -0.2) is 5.84 Å². The van der Waals surface area contributed by atoms with E-state index < -0.39 is 0 Å². The molecule has 7 nitrogen and oxygen atoms in total. The highest BCUT2D eigenvalue weighted by atomic mass is 16.5. The third-order valence-electron chi connectivity index (χ3n) is 1.44. The minimum absolute atomic E-state index is 0.239. The van der Waals surface area contributed by atoms with Crippen molar-refractivity contribution in [1.29, 1.82) is 0 Å². The van der Waals surface area contributed by atoms with Crippen molar-refractivity contribution >= 4 is 11.9 Å². The van der Waals surface area contributed by atoms with E-state index in [0.717, 1.165) is 6.54 Å². The van der Waals surface area contributed by atoms with E-state index in [-0.39, 0.29) is 6.01 Å². The first kappa shape index (κ1) is 10.5. The minimum Gasteiger partial charge on any atom is -0.467 e. The lowest BCUT2D eigenvalue weighted by Crippen LogP contribution is -2.28. The van der Waals surface area contributed by atoms with Crippen LogP contribution in [0.3, 0.4) is 0 Å². The van der Waals surface area contributed by atoms with Crippen molar-refractivity contribution < 1.29 is 4.74 Å². The van der Waals surface area contributed by atoms with Gasteiger partial charge in [0.15, 0.2) is 0 Å². The normalized spacial score (nSPS) is 9.71. The van der Waals surface area contributed by atoms with E-state index in [1.165, 1.54) is 12.1 Å². The van der Waals surface area contributed by atoms with Crippen LogP contribution in [0.5, 0.6) is 6.01 Å². The van der Waals surface area contributed by atoms with Crippen molar-refractivity contribution in [2.45, 2.75) is 6.92 Å². The van der Waals surface area contributed by atoms with Crippen LogP contribution in [0.4, 0.5) is 11.9 Å². The van der Waals surface area contributed by atoms with Crippen molar-refractivity contribution in [1.82, 2.24) is 15.0 Å². The van der Waals surface area contributed by atoms with Gasteiger partial charge in [-0.15, -0.1) is 0 Å². The molecule has 0 radical (unpaired) electrons. The number of nitrogens with zero attached hydrogens (tertiary/aromatic N) is 4. The monoisotopic (exact) mass is 198 g/mol. The van der Waals surface area contributed by atoms with Crippen molar-refractivity contribution in [2.24, 2.45) is 5.84 Å². The van der Waals surface area contributed by atoms with Crippen LogP contribution >= 0.6 is 0 Å². The van der Waals surface area contributed by atoms with Gasteiger partial charge in [-0.1, -0.05) is 0 Å². The molecule has 78 valence electrons. The Balaban J connectivity index is 3.00. The summed E-state index contributed by atoms with van der Waals surface area (Å²) >= 11 is 0. The summed E-state index contributed by atoms with van der Waals surface area (Å²) in [6, 6.07) is 0.239. The number of nitrogens with one attached hydrogen (secondary N) is 1. The summed E-state index contributed by atoms with van der Waals surface area (Å²) < 4.78 is 4.91. The first-order valence-corrected chi connectivity index (χ1v) is 4.19. The number of hydrogen-bond acceptors (Lipinski definition) is 7. The standard InChI is InChI=1S/C7H14N6O/c1-4-9-5-10-6(13(2)8)12-7(11-5)14-3/h4,8H2,1-3H3,(H,9,10,11,12). The molecule has 1 heterocycles. The Labute approximate surface area is 82.3 Å². The van der Waals surface area contributed by atoms with Crippen LogP contribution in [0.2, 0.25) is 0 Å². The third kappa shape index (κ3) is 2.43. The first-order chi connectivity index (χ1) is 6.67. The summed E-state index contributed by atoms with van der Waals surface area (Å²) in [5.41, 5.74) is 0. The van der Waals surface area contributed by atoms with Gasteiger partial charge in [0, 0.05) is 13.6 Å². The van der Waals surface area contributed by atoms with Crippen LogP contribution in [0, 0.1) is 0 Å². The number of aromatic nitrogens is 3. The highest BCUT2D eigenvalue weighted by Crippen LogP contribution is 2.11. The van der Waals surface area contributed by atoms with E-state index in [9.17, 15) is 0 Å². The van der Waals surface area contributed by atoms with Gasteiger partial charge in [0.2, 0.25) is 11.9 Å². The van der Waals surface area contributed by atoms with E-state index in [0.29, 0.717) is 11.9 Å². The van der Waals surface area contributed by atoms with Crippen molar-refractivity contribution in [3.05, 3.63) is 0 Å². The van der Waals surface area contributed by atoms with Gasteiger partial charge in [0.25, 0.3) is 0 Å². The molecule has 0 saturated heterocycles. The molecular formula is C7H14N6O. The summed E-state index contributed by atoms with van der Waals surface area (Å²) in [7, 11) is 3.13. The fraction of sp³-hybridized carbons (Fsp3) is 0.571. The highest BCUT2D eigenvalue weighted by molar-refractivity contribution is 5.36. The van der Waals surface area contributed by atoms with Gasteiger partial charge < -0.3 is 10.1 Å². The number of hydrazine groups is 1. The molecule has 0 spiro atoms. The molecule has 0 aliphatic heterocycles. The van der Waals surface area contributed by atoms with Crippen LogP contribution in [-0.4, -0.2) is 35.7 Å². The SMILES string of the molecule is CCNc1nc(OC)nc(N(C)N)n1. The second-order valence-corrected chi connectivity index (χ2v) is 2.59. The van der Waals surface area contributed by atoms with Crippen molar-refractivity contribution in [2.75, 3.05) is 31.0 Å². The topological polar surface area (TPSA) is 89.2 Å². The lowest BCUT2D eigenvalue weighted by atomic mass is 10.7. The zero-order valence-corrected chi connectivity index (χ0v) is 8.48. The lowest BCUT2D eigenvalue weighted by molar-refractivity contribution is 0.379. The predicted molar refractivity (Wildman–Crippen MR) is 53.1 cm³/mol. The maximum Gasteiger partial charge on any atom is 0.322 e. The van der Waals surface area contributed by atoms with E-state index in [4.69, 9.17) is 10.6 Å². The number of hydrogen-bond donors (Lipinski definition) is 2. The molecule has 14 heavy (non-hydrogen) atoms. The fourth-order valence-corrected chi connectivity index (χ4v) is 0.832. The van der Waals surface area contributed by atoms with Crippen molar-refractivity contribution in [3.8, 4) is 6.01 Å². The van der Waals surface area contributed by atoms with Crippen molar-refractivity contribution in [3.63, 3.8) is 0 Å².